The van der Waals surface area contributed by atoms with Crippen LogP contribution < -0.4 is 4.90 Å². The second kappa shape index (κ2) is 11.5. The van der Waals surface area contributed by atoms with E-state index >= 15 is 0 Å². The minimum absolute atomic E-state index is 0.502. The molecule has 10 aromatic carbocycles. The predicted molar refractivity (Wildman–Crippen MR) is 243 cm³/mol. The van der Waals surface area contributed by atoms with Gasteiger partial charge < -0.3 is 4.90 Å². The topological polar surface area (TPSA) is 3.24 Å². The molecule has 0 fully saturated rings. The standard InChI is InChI=1S/C55H33NS/c1-2-17-37-35(15-1)36-16-3-4-18-38(36)45-33-34(31-32-39(37)45)56(49-27-14-30-52-53(49)44-22-8-12-29-51(44)57-52)50-28-13-23-43-42-21-7-11-26-48(42)55(54(43)50)46-24-9-5-19-40(46)41-20-6-10-25-47(41)55/h1-33H. The molecular formula is C55H33NS. The maximum Gasteiger partial charge on any atom is 0.0746 e. The number of nitrogens with zero attached hydrogens (tertiary/aromatic N) is 1. The van der Waals surface area contributed by atoms with Gasteiger partial charge in [-0.15, -0.1) is 11.3 Å². The molecule has 57 heavy (non-hydrogen) atoms. The third-order valence-electron chi connectivity index (χ3n) is 12.8. The van der Waals surface area contributed by atoms with Crippen molar-refractivity contribution in [2.24, 2.45) is 0 Å². The van der Waals surface area contributed by atoms with Gasteiger partial charge in [-0.05, 0) is 108 Å². The Kier molecular flexibility index (Phi) is 6.31. The number of fused-ring (bicyclic) bond motifs is 19. The Morgan fingerprint density at radius 2 is 0.789 bits per heavy atom. The van der Waals surface area contributed by atoms with E-state index in [1.54, 1.807) is 0 Å². The summed E-state index contributed by atoms with van der Waals surface area (Å²) < 4.78 is 2.59. The third kappa shape index (κ3) is 4.02. The van der Waals surface area contributed by atoms with Crippen LogP contribution in [-0.2, 0) is 5.41 Å². The van der Waals surface area contributed by atoms with Crippen LogP contribution in [0.15, 0.2) is 200 Å². The summed E-state index contributed by atoms with van der Waals surface area (Å²) in [5.74, 6) is 0. The highest BCUT2D eigenvalue weighted by Crippen LogP contribution is 2.65. The molecule has 1 nitrogen and oxygen atoms in total. The minimum Gasteiger partial charge on any atom is -0.309 e. The second-order valence-corrected chi connectivity index (χ2v) is 16.6. The lowest BCUT2D eigenvalue weighted by molar-refractivity contribution is 0.793. The van der Waals surface area contributed by atoms with Gasteiger partial charge >= 0.3 is 0 Å². The maximum absolute atomic E-state index is 2.60. The molecule has 1 aromatic heterocycles. The first-order valence-corrected chi connectivity index (χ1v) is 20.6. The zero-order chi connectivity index (χ0) is 37.2. The van der Waals surface area contributed by atoms with E-state index in [-0.39, 0.29) is 0 Å². The summed E-state index contributed by atoms with van der Waals surface area (Å²) in [7, 11) is 0. The van der Waals surface area contributed by atoms with E-state index in [9.17, 15) is 0 Å². The van der Waals surface area contributed by atoms with Gasteiger partial charge in [0.2, 0.25) is 0 Å². The van der Waals surface area contributed by atoms with Crippen LogP contribution in [0.3, 0.4) is 0 Å². The van der Waals surface area contributed by atoms with Gasteiger partial charge in [-0.1, -0.05) is 164 Å². The van der Waals surface area contributed by atoms with Gasteiger partial charge in [0.25, 0.3) is 0 Å². The molecule has 0 saturated carbocycles. The smallest absolute Gasteiger partial charge is 0.0746 e. The van der Waals surface area contributed by atoms with Crippen molar-refractivity contribution < 1.29 is 0 Å². The first kappa shape index (κ1) is 31.2. The summed E-state index contributed by atoms with van der Waals surface area (Å²) in [6.07, 6.45) is 0. The van der Waals surface area contributed by atoms with E-state index in [2.05, 4.69) is 205 Å². The summed E-state index contributed by atoms with van der Waals surface area (Å²) in [6.45, 7) is 0. The lowest BCUT2D eigenvalue weighted by atomic mass is 9.70. The molecule has 0 saturated heterocycles. The minimum atomic E-state index is -0.502. The van der Waals surface area contributed by atoms with Gasteiger partial charge in [0, 0.05) is 31.4 Å². The molecule has 0 N–H and O–H groups in total. The summed E-state index contributed by atoms with van der Waals surface area (Å²) >= 11 is 1.88. The lowest BCUT2D eigenvalue weighted by Crippen LogP contribution is -2.28. The normalized spacial score (nSPS) is 13.4. The lowest BCUT2D eigenvalue weighted by Gasteiger charge is -2.36. The molecule has 13 rings (SSSR count). The van der Waals surface area contributed by atoms with Crippen LogP contribution in [0, 0.1) is 0 Å². The molecule has 1 spiro atoms. The zero-order valence-electron chi connectivity index (χ0n) is 30.9. The van der Waals surface area contributed by atoms with E-state index < -0.39 is 5.41 Å². The van der Waals surface area contributed by atoms with Crippen molar-refractivity contribution >= 4 is 80.9 Å². The number of anilines is 3. The van der Waals surface area contributed by atoms with Crippen molar-refractivity contribution in [3.8, 4) is 22.3 Å². The molecule has 264 valence electrons. The van der Waals surface area contributed by atoms with Crippen molar-refractivity contribution in [2.75, 3.05) is 4.90 Å². The van der Waals surface area contributed by atoms with Gasteiger partial charge in [0.15, 0.2) is 0 Å². The molecule has 0 bridgehead atoms. The van der Waals surface area contributed by atoms with Crippen molar-refractivity contribution in [3.05, 3.63) is 222 Å². The fourth-order valence-corrected chi connectivity index (χ4v) is 11.8. The molecule has 2 aliphatic rings. The second-order valence-electron chi connectivity index (χ2n) is 15.5. The van der Waals surface area contributed by atoms with E-state index in [0.717, 1.165) is 5.69 Å². The fourth-order valence-electron chi connectivity index (χ4n) is 10.7. The Balaban J connectivity index is 1.20. The van der Waals surface area contributed by atoms with Crippen molar-refractivity contribution in [1.82, 2.24) is 0 Å². The molecule has 2 aliphatic carbocycles. The molecule has 0 aliphatic heterocycles. The van der Waals surface area contributed by atoms with Crippen LogP contribution in [0.4, 0.5) is 17.1 Å². The SMILES string of the molecule is c1ccc2c(c1)-c1ccccc1C21c2ccccc2-c2cccc(N(c3ccc4c5ccccc5c5ccccc5c4c3)c3cccc4sc5ccccc5c34)c21. The first-order valence-electron chi connectivity index (χ1n) is 19.8. The average molecular weight is 740 g/mol. The number of thiophene rings is 1. The highest BCUT2D eigenvalue weighted by atomic mass is 32.1. The van der Waals surface area contributed by atoms with Crippen molar-refractivity contribution in [3.63, 3.8) is 0 Å². The number of rotatable bonds is 3. The number of hydrogen-bond acceptors (Lipinski definition) is 2. The maximum atomic E-state index is 2.60. The van der Waals surface area contributed by atoms with E-state index in [1.165, 1.54) is 108 Å². The summed E-state index contributed by atoms with van der Waals surface area (Å²) in [6, 6.07) is 75.2. The molecule has 0 amide bonds. The van der Waals surface area contributed by atoms with Crippen LogP contribution >= 0.6 is 11.3 Å². The highest BCUT2D eigenvalue weighted by Gasteiger charge is 2.53. The molecule has 2 heteroatoms. The van der Waals surface area contributed by atoms with E-state index in [0.29, 0.717) is 0 Å². The van der Waals surface area contributed by atoms with Crippen LogP contribution in [0.25, 0.3) is 74.7 Å². The quantitative estimate of drug-likeness (QED) is 0.163. The zero-order valence-corrected chi connectivity index (χ0v) is 31.7. The van der Waals surface area contributed by atoms with Gasteiger partial charge in [-0.25, -0.2) is 0 Å². The molecule has 0 unspecified atom stereocenters. The molecule has 0 radical (unpaired) electrons. The first-order chi connectivity index (χ1) is 28.3. The van der Waals surface area contributed by atoms with Crippen LogP contribution in [0.1, 0.15) is 22.3 Å². The van der Waals surface area contributed by atoms with Crippen molar-refractivity contribution in [1.29, 1.82) is 0 Å². The summed E-state index contributed by atoms with van der Waals surface area (Å²) in [4.78, 5) is 2.60. The van der Waals surface area contributed by atoms with Crippen LogP contribution in [0.5, 0.6) is 0 Å². The Morgan fingerprint density at radius 3 is 1.44 bits per heavy atom. The van der Waals surface area contributed by atoms with Crippen LogP contribution in [0.2, 0.25) is 0 Å². The Morgan fingerprint density at radius 1 is 0.333 bits per heavy atom. The number of benzene rings is 10. The Bertz CT molecular complexity index is 3400. The molecule has 0 atom stereocenters. The fraction of sp³-hybridized carbons (Fsp3) is 0.0182. The largest absolute Gasteiger partial charge is 0.309 e. The highest BCUT2D eigenvalue weighted by molar-refractivity contribution is 7.26. The van der Waals surface area contributed by atoms with Gasteiger partial charge in [-0.2, -0.15) is 0 Å². The van der Waals surface area contributed by atoms with E-state index in [4.69, 9.17) is 0 Å². The summed E-state index contributed by atoms with van der Waals surface area (Å²) in [5.41, 5.74) is 13.6. The average Bonchev–Trinajstić information content (AvgIpc) is 3.91. The Hall–Kier alpha value is -7.00. The number of hydrogen-bond donors (Lipinski definition) is 0. The predicted octanol–water partition coefficient (Wildman–Crippen LogP) is 15.3. The van der Waals surface area contributed by atoms with Gasteiger partial charge in [0.05, 0.1) is 16.8 Å². The monoisotopic (exact) mass is 739 g/mol. The van der Waals surface area contributed by atoms with Gasteiger partial charge in [-0.3, -0.25) is 0 Å². The molecule has 1 heterocycles. The van der Waals surface area contributed by atoms with E-state index in [1.807, 2.05) is 11.3 Å². The Labute approximate surface area is 334 Å². The third-order valence-corrected chi connectivity index (χ3v) is 14.0. The summed E-state index contributed by atoms with van der Waals surface area (Å²) in [5, 5.41) is 10.2. The van der Waals surface area contributed by atoms with Crippen LogP contribution in [-0.4, -0.2) is 0 Å². The molecule has 11 aromatic rings. The van der Waals surface area contributed by atoms with Crippen molar-refractivity contribution in [2.45, 2.75) is 5.41 Å². The molecular weight excluding hydrogens is 707 g/mol. The van der Waals surface area contributed by atoms with Gasteiger partial charge in [0.1, 0.15) is 0 Å².